The quantitative estimate of drug-likeness (QED) is 0.623. The van der Waals surface area contributed by atoms with Crippen LogP contribution in [0.3, 0.4) is 0 Å². The maximum absolute atomic E-state index is 5.70. The third-order valence-corrected chi connectivity index (χ3v) is 3.04. The first-order valence-electron chi connectivity index (χ1n) is 6.07. The van der Waals surface area contributed by atoms with Crippen molar-refractivity contribution in [2.75, 3.05) is 14.2 Å². The van der Waals surface area contributed by atoms with Gasteiger partial charge in [-0.2, -0.15) is 0 Å². The average Bonchev–Trinajstić information content (AvgIpc) is 2.34. The molecule has 0 aliphatic rings. The fourth-order valence-electron chi connectivity index (χ4n) is 2.18. The second kappa shape index (κ2) is 6.18. The molecule has 3 N–H and O–H groups in total. The second-order valence-electron chi connectivity index (χ2n) is 5.44. The summed E-state index contributed by atoms with van der Waals surface area (Å²) in [6, 6.07) is 7.78. The summed E-state index contributed by atoms with van der Waals surface area (Å²) < 4.78 is 10.9. The molecule has 0 saturated carbocycles. The highest BCUT2D eigenvalue weighted by Crippen LogP contribution is 2.33. The standard InChI is InChI=1S/C14H24N2O2/c1-14(2,3)13(18-5)12(16-15)10-7-6-8-11(9-10)17-4/h6-9,12-13,16H,15H2,1-5H3. The van der Waals surface area contributed by atoms with Crippen LogP contribution in [0.25, 0.3) is 0 Å². The number of hydrazine groups is 1. The highest BCUT2D eigenvalue weighted by Gasteiger charge is 2.32. The molecule has 0 aromatic heterocycles. The predicted molar refractivity (Wildman–Crippen MR) is 73.3 cm³/mol. The van der Waals surface area contributed by atoms with E-state index in [1.165, 1.54) is 0 Å². The molecule has 0 heterocycles. The summed E-state index contributed by atoms with van der Waals surface area (Å²) in [5.74, 6) is 6.51. The maximum Gasteiger partial charge on any atom is 0.119 e. The Balaban J connectivity index is 3.07. The lowest BCUT2D eigenvalue weighted by molar-refractivity contribution is -0.0120. The monoisotopic (exact) mass is 252 g/mol. The Morgan fingerprint density at radius 2 is 1.89 bits per heavy atom. The van der Waals surface area contributed by atoms with E-state index < -0.39 is 0 Å². The van der Waals surface area contributed by atoms with Crippen molar-refractivity contribution in [1.29, 1.82) is 0 Å². The van der Waals surface area contributed by atoms with Gasteiger partial charge in [-0.25, -0.2) is 0 Å². The van der Waals surface area contributed by atoms with Crippen molar-refractivity contribution in [3.05, 3.63) is 29.8 Å². The van der Waals surface area contributed by atoms with Gasteiger partial charge in [0.05, 0.1) is 19.3 Å². The van der Waals surface area contributed by atoms with Gasteiger partial charge in [-0.15, -0.1) is 0 Å². The minimum absolute atomic E-state index is 0.0190. The number of nitrogens with one attached hydrogen (secondary N) is 1. The van der Waals surface area contributed by atoms with E-state index in [0.717, 1.165) is 11.3 Å². The SMILES string of the molecule is COc1cccc(C(NN)C(OC)C(C)(C)C)c1. The largest absolute Gasteiger partial charge is 0.497 e. The zero-order valence-corrected chi connectivity index (χ0v) is 11.9. The van der Waals surface area contributed by atoms with Crippen LogP contribution >= 0.6 is 0 Å². The maximum atomic E-state index is 5.70. The Bertz CT molecular complexity index is 374. The van der Waals surface area contributed by atoms with Crippen LogP contribution in [-0.2, 0) is 4.74 Å². The van der Waals surface area contributed by atoms with Crippen molar-refractivity contribution in [1.82, 2.24) is 5.43 Å². The molecule has 0 saturated heterocycles. The highest BCUT2D eigenvalue weighted by molar-refractivity contribution is 5.31. The van der Waals surface area contributed by atoms with E-state index in [0.29, 0.717) is 0 Å². The molecule has 0 aliphatic heterocycles. The van der Waals surface area contributed by atoms with Crippen molar-refractivity contribution in [3.63, 3.8) is 0 Å². The van der Waals surface area contributed by atoms with Crippen molar-refractivity contribution >= 4 is 0 Å². The number of nitrogens with two attached hydrogens (primary N) is 1. The van der Waals surface area contributed by atoms with Gasteiger partial charge < -0.3 is 9.47 Å². The minimum atomic E-state index is -0.0786. The van der Waals surface area contributed by atoms with Crippen LogP contribution in [0, 0.1) is 5.41 Å². The summed E-state index contributed by atoms with van der Waals surface area (Å²) >= 11 is 0. The lowest BCUT2D eigenvalue weighted by atomic mass is 9.82. The molecule has 18 heavy (non-hydrogen) atoms. The number of rotatable bonds is 5. The first-order chi connectivity index (χ1) is 8.43. The molecule has 4 heteroatoms. The summed E-state index contributed by atoms with van der Waals surface area (Å²) in [5.41, 5.74) is 3.88. The van der Waals surface area contributed by atoms with Gasteiger partial charge in [0.25, 0.3) is 0 Å². The lowest BCUT2D eigenvalue weighted by Gasteiger charge is -2.35. The smallest absolute Gasteiger partial charge is 0.119 e. The Morgan fingerprint density at radius 3 is 2.33 bits per heavy atom. The van der Waals surface area contributed by atoms with Gasteiger partial charge >= 0.3 is 0 Å². The van der Waals surface area contributed by atoms with Gasteiger partial charge in [-0.1, -0.05) is 32.9 Å². The molecule has 1 rings (SSSR count). The van der Waals surface area contributed by atoms with Gasteiger partial charge in [-0.05, 0) is 23.1 Å². The van der Waals surface area contributed by atoms with E-state index in [4.69, 9.17) is 15.3 Å². The third-order valence-electron chi connectivity index (χ3n) is 3.04. The molecule has 1 aromatic rings. The van der Waals surface area contributed by atoms with E-state index in [-0.39, 0.29) is 17.6 Å². The van der Waals surface area contributed by atoms with Crippen LogP contribution in [0.1, 0.15) is 32.4 Å². The van der Waals surface area contributed by atoms with Crippen LogP contribution in [0.2, 0.25) is 0 Å². The predicted octanol–water partition coefficient (Wildman–Crippen LogP) is 2.26. The minimum Gasteiger partial charge on any atom is -0.497 e. The molecule has 0 fully saturated rings. The Morgan fingerprint density at radius 1 is 1.22 bits per heavy atom. The van der Waals surface area contributed by atoms with Crippen molar-refractivity contribution in [2.45, 2.75) is 32.9 Å². The van der Waals surface area contributed by atoms with Crippen LogP contribution in [-0.4, -0.2) is 20.3 Å². The molecule has 0 bridgehead atoms. The molecule has 0 radical (unpaired) electrons. The van der Waals surface area contributed by atoms with E-state index >= 15 is 0 Å². The Labute approximate surface area is 109 Å². The first-order valence-corrected chi connectivity index (χ1v) is 6.07. The molecule has 4 nitrogen and oxygen atoms in total. The van der Waals surface area contributed by atoms with E-state index in [9.17, 15) is 0 Å². The number of hydrogen-bond donors (Lipinski definition) is 2. The van der Waals surface area contributed by atoms with Crippen LogP contribution < -0.4 is 16.0 Å². The van der Waals surface area contributed by atoms with Gasteiger partial charge in [0.2, 0.25) is 0 Å². The van der Waals surface area contributed by atoms with Gasteiger partial charge in [0.15, 0.2) is 0 Å². The van der Waals surface area contributed by atoms with Crippen LogP contribution in [0.15, 0.2) is 24.3 Å². The zero-order chi connectivity index (χ0) is 13.8. The second-order valence-corrected chi connectivity index (χ2v) is 5.44. The third kappa shape index (κ3) is 3.45. The molecular formula is C14H24N2O2. The summed E-state index contributed by atoms with van der Waals surface area (Å²) in [7, 11) is 3.36. The molecule has 1 aromatic carbocycles. The Kier molecular flexibility index (Phi) is 5.14. The number of hydrogen-bond acceptors (Lipinski definition) is 4. The molecule has 0 spiro atoms. The normalized spacial score (nSPS) is 15.2. The van der Waals surface area contributed by atoms with Crippen LogP contribution in [0.5, 0.6) is 5.75 Å². The van der Waals surface area contributed by atoms with Crippen molar-refractivity contribution < 1.29 is 9.47 Å². The molecule has 2 unspecified atom stereocenters. The average molecular weight is 252 g/mol. The number of benzene rings is 1. The molecule has 2 atom stereocenters. The van der Waals surface area contributed by atoms with Gasteiger partial charge in [0.1, 0.15) is 5.75 Å². The van der Waals surface area contributed by atoms with Gasteiger partial charge in [-0.3, -0.25) is 11.3 Å². The summed E-state index contributed by atoms with van der Waals surface area (Å²) in [6.45, 7) is 6.39. The zero-order valence-electron chi connectivity index (χ0n) is 11.9. The fourth-order valence-corrected chi connectivity index (χ4v) is 2.18. The summed E-state index contributed by atoms with van der Waals surface area (Å²) in [5, 5.41) is 0. The molecule has 0 amide bonds. The van der Waals surface area contributed by atoms with Gasteiger partial charge in [0, 0.05) is 7.11 Å². The van der Waals surface area contributed by atoms with E-state index in [1.807, 2.05) is 24.3 Å². The molecule has 102 valence electrons. The number of ether oxygens (including phenoxy) is 2. The summed E-state index contributed by atoms with van der Waals surface area (Å²) in [4.78, 5) is 0. The van der Waals surface area contributed by atoms with Crippen LogP contribution in [0.4, 0.5) is 0 Å². The highest BCUT2D eigenvalue weighted by atomic mass is 16.5. The lowest BCUT2D eigenvalue weighted by Crippen LogP contribution is -2.44. The Hall–Kier alpha value is -1.10. The number of methoxy groups -OCH3 is 2. The molecular weight excluding hydrogens is 228 g/mol. The fraction of sp³-hybridized carbons (Fsp3) is 0.571. The van der Waals surface area contributed by atoms with E-state index in [1.54, 1.807) is 14.2 Å². The van der Waals surface area contributed by atoms with E-state index in [2.05, 4.69) is 26.2 Å². The molecule has 0 aliphatic carbocycles. The summed E-state index contributed by atoms with van der Waals surface area (Å²) in [6.07, 6.45) is -0.0328. The van der Waals surface area contributed by atoms with Crippen molar-refractivity contribution in [2.24, 2.45) is 11.3 Å². The first kappa shape index (κ1) is 15.0. The van der Waals surface area contributed by atoms with Crippen molar-refractivity contribution in [3.8, 4) is 5.75 Å². The topological polar surface area (TPSA) is 56.5 Å².